The van der Waals surface area contributed by atoms with Crippen LogP contribution >= 0.6 is 11.6 Å². The monoisotopic (exact) mass is 286 g/mol. The number of hydrogen-bond acceptors (Lipinski definition) is 3. The van der Waals surface area contributed by atoms with E-state index >= 15 is 0 Å². The van der Waals surface area contributed by atoms with Crippen molar-refractivity contribution in [2.24, 2.45) is 0 Å². The Hall–Kier alpha value is -1.18. The number of aryl methyl sites for hydroxylation is 1. The van der Waals surface area contributed by atoms with Gasteiger partial charge in [-0.25, -0.2) is 8.42 Å². The third-order valence-corrected chi connectivity index (χ3v) is 3.23. The SMILES string of the molecule is Cc1cc(C#CCCl)ccc1OCCS(C)(=O)=O. The number of benzene rings is 1. The molecule has 0 bridgehead atoms. The quantitative estimate of drug-likeness (QED) is 0.628. The predicted octanol–water partition coefficient (Wildman–Crippen LogP) is 2.01. The molecule has 18 heavy (non-hydrogen) atoms. The van der Waals surface area contributed by atoms with Crippen molar-refractivity contribution in [1.29, 1.82) is 0 Å². The van der Waals surface area contributed by atoms with Crippen LogP contribution in [0.1, 0.15) is 11.1 Å². The van der Waals surface area contributed by atoms with E-state index in [0.29, 0.717) is 11.6 Å². The summed E-state index contributed by atoms with van der Waals surface area (Å²) in [6.45, 7) is 2.05. The summed E-state index contributed by atoms with van der Waals surface area (Å²) in [5.74, 6) is 6.67. The smallest absolute Gasteiger partial charge is 0.150 e. The molecular formula is C13H15ClO3S. The van der Waals surface area contributed by atoms with E-state index in [0.717, 1.165) is 11.1 Å². The summed E-state index contributed by atoms with van der Waals surface area (Å²) >= 11 is 5.48. The number of rotatable bonds is 4. The molecule has 0 N–H and O–H groups in total. The topological polar surface area (TPSA) is 43.4 Å². The van der Waals surface area contributed by atoms with Gasteiger partial charge in [-0.3, -0.25) is 0 Å². The summed E-state index contributed by atoms with van der Waals surface area (Å²) in [6.07, 6.45) is 1.19. The van der Waals surface area contributed by atoms with Crippen molar-refractivity contribution in [3.8, 4) is 17.6 Å². The molecule has 0 heterocycles. The molecule has 0 saturated heterocycles. The molecule has 5 heteroatoms. The molecule has 98 valence electrons. The molecular weight excluding hydrogens is 272 g/mol. The second kappa shape index (κ2) is 6.67. The molecule has 0 unspecified atom stereocenters. The Morgan fingerprint density at radius 2 is 2.11 bits per heavy atom. The zero-order chi connectivity index (χ0) is 13.6. The summed E-state index contributed by atoms with van der Waals surface area (Å²) in [7, 11) is -2.99. The van der Waals surface area contributed by atoms with Crippen LogP contribution in [-0.4, -0.2) is 32.9 Å². The molecule has 0 fully saturated rings. The Bertz CT molecular complexity index is 568. The van der Waals surface area contributed by atoms with Gasteiger partial charge in [0.2, 0.25) is 0 Å². The molecule has 3 nitrogen and oxygen atoms in total. The van der Waals surface area contributed by atoms with Crippen LogP contribution in [-0.2, 0) is 9.84 Å². The molecule has 0 aromatic heterocycles. The van der Waals surface area contributed by atoms with Crippen molar-refractivity contribution >= 4 is 21.4 Å². The Morgan fingerprint density at radius 3 is 2.67 bits per heavy atom. The molecule has 0 aliphatic carbocycles. The normalized spacial score (nSPS) is 10.6. The average molecular weight is 287 g/mol. The fraction of sp³-hybridized carbons (Fsp3) is 0.385. The van der Waals surface area contributed by atoms with E-state index < -0.39 is 9.84 Å². The van der Waals surface area contributed by atoms with Crippen LogP contribution in [0.2, 0.25) is 0 Å². The number of hydrogen-bond donors (Lipinski definition) is 0. The zero-order valence-electron chi connectivity index (χ0n) is 10.4. The Morgan fingerprint density at radius 1 is 1.39 bits per heavy atom. The van der Waals surface area contributed by atoms with Gasteiger partial charge >= 0.3 is 0 Å². The minimum Gasteiger partial charge on any atom is -0.492 e. The first kappa shape index (κ1) is 14.9. The highest BCUT2D eigenvalue weighted by molar-refractivity contribution is 7.90. The van der Waals surface area contributed by atoms with Gasteiger partial charge in [-0.1, -0.05) is 11.8 Å². The lowest BCUT2D eigenvalue weighted by atomic mass is 10.1. The minimum absolute atomic E-state index is 0.0141. The molecule has 1 rings (SSSR count). The van der Waals surface area contributed by atoms with Gasteiger partial charge in [-0.15, -0.1) is 11.6 Å². The maximum atomic E-state index is 11.0. The average Bonchev–Trinajstić information content (AvgIpc) is 2.27. The van der Waals surface area contributed by atoms with Crippen molar-refractivity contribution in [3.05, 3.63) is 29.3 Å². The summed E-state index contributed by atoms with van der Waals surface area (Å²) in [5.41, 5.74) is 1.79. The minimum atomic E-state index is -2.99. The highest BCUT2D eigenvalue weighted by Gasteiger charge is 2.04. The van der Waals surface area contributed by atoms with E-state index in [1.54, 1.807) is 6.07 Å². The van der Waals surface area contributed by atoms with Crippen molar-refractivity contribution in [2.45, 2.75) is 6.92 Å². The third-order valence-electron chi connectivity index (χ3n) is 2.19. The lowest BCUT2D eigenvalue weighted by molar-refractivity contribution is 0.338. The van der Waals surface area contributed by atoms with E-state index in [-0.39, 0.29) is 12.4 Å². The fourth-order valence-electron chi connectivity index (χ4n) is 1.33. The number of alkyl halides is 1. The first-order valence-electron chi connectivity index (χ1n) is 5.38. The standard InChI is InChI=1S/C13H15ClO3S/c1-11-10-12(4-3-7-14)5-6-13(11)17-8-9-18(2,15)16/h5-6,10H,7-9H2,1-2H3. The van der Waals surface area contributed by atoms with Crippen LogP contribution in [0.25, 0.3) is 0 Å². The first-order valence-corrected chi connectivity index (χ1v) is 7.98. The van der Waals surface area contributed by atoms with Crippen molar-refractivity contribution in [2.75, 3.05) is 24.5 Å². The maximum Gasteiger partial charge on any atom is 0.150 e. The fourth-order valence-corrected chi connectivity index (χ4v) is 1.78. The van der Waals surface area contributed by atoms with Gasteiger partial charge in [0, 0.05) is 11.8 Å². The maximum absolute atomic E-state index is 11.0. The molecule has 0 radical (unpaired) electrons. The van der Waals surface area contributed by atoms with Gasteiger partial charge in [0.1, 0.15) is 12.4 Å². The first-order chi connectivity index (χ1) is 8.42. The van der Waals surface area contributed by atoms with Gasteiger partial charge in [0.05, 0.1) is 11.6 Å². The van der Waals surface area contributed by atoms with Crippen molar-refractivity contribution in [1.82, 2.24) is 0 Å². The van der Waals surface area contributed by atoms with Gasteiger partial charge in [0.15, 0.2) is 9.84 Å². The van der Waals surface area contributed by atoms with Crippen molar-refractivity contribution in [3.63, 3.8) is 0 Å². The molecule has 0 spiro atoms. The van der Waals surface area contributed by atoms with Crippen LogP contribution < -0.4 is 4.74 Å². The second-order valence-electron chi connectivity index (χ2n) is 3.89. The molecule has 0 aliphatic heterocycles. The second-order valence-corrected chi connectivity index (χ2v) is 6.42. The van der Waals surface area contributed by atoms with E-state index in [1.165, 1.54) is 6.26 Å². The highest BCUT2D eigenvalue weighted by atomic mass is 35.5. The van der Waals surface area contributed by atoms with Gasteiger partial charge in [-0.05, 0) is 30.7 Å². The lowest BCUT2D eigenvalue weighted by Crippen LogP contribution is -2.12. The largest absolute Gasteiger partial charge is 0.492 e. The van der Waals surface area contributed by atoms with Crippen LogP contribution in [0.15, 0.2) is 18.2 Å². The summed E-state index contributed by atoms with van der Waals surface area (Å²) in [4.78, 5) is 0. The number of ether oxygens (including phenoxy) is 1. The molecule has 0 saturated carbocycles. The van der Waals surface area contributed by atoms with Crippen LogP contribution in [0, 0.1) is 18.8 Å². The zero-order valence-corrected chi connectivity index (χ0v) is 11.9. The van der Waals surface area contributed by atoms with Crippen LogP contribution in [0.3, 0.4) is 0 Å². The molecule has 0 aliphatic rings. The summed E-state index contributed by atoms with van der Waals surface area (Å²) in [5, 5.41) is 0. The van der Waals surface area contributed by atoms with Gasteiger partial charge in [-0.2, -0.15) is 0 Å². The predicted molar refractivity (Wildman–Crippen MR) is 74.0 cm³/mol. The van der Waals surface area contributed by atoms with Gasteiger partial charge in [0.25, 0.3) is 0 Å². The van der Waals surface area contributed by atoms with E-state index in [1.807, 2.05) is 19.1 Å². The molecule has 0 atom stereocenters. The number of sulfone groups is 1. The molecule has 1 aromatic carbocycles. The van der Waals surface area contributed by atoms with Crippen LogP contribution in [0.4, 0.5) is 0 Å². The van der Waals surface area contributed by atoms with Gasteiger partial charge < -0.3 is 4.74 Å². The Labute approximate surface area is 113 Å². The van der Waals surface area contributed by atoms with E-state index in [4.69, 9.17) is 16.3 Å². The van der Waals surface area contributed by atoms with Crippen LogP contribution in [0.5, 0.6) is 5.75 Å². The van der Waals surface area contributed by atoms with E-state index in [2.05, 4.69) is 11.8 Å². The van der Waals surface area contributed by atoms with Crippen molar-refractivity contribution < 1.29 is 13.2 Å². The Kier molecular flexibility index (Phi) is 5.52. The summed E-state index contributed by atoms with van der Waals surface area (Å²) < 4.78 is 27.4. The molecule has 1 aromatic rings. The number of halogens is 1. The highest BCUT2D eigenvalue weighted by Crippen LogP contribution is 2.18. The van der Waals surface area contributed by atoms with E-state index in [9.17, 15) is 8.42 Å². The molecule has 0 amide bonds. The summed E-state index contributed by atoms with van der Waals surface area (Å²) in [6, 6.07) is 5.49. The lowest BCUT2D eigenvalue weighted by Gasteiger charge is -2.08. The third kappa shape index (κ3) is 5.44. The Balaban J connectivity index is 2.68.